The van der Waals surface area contributed by atoms with Crippen LogP contribution in [0, 0.1) is 5.82 Å². The third kappa shape index (κ3) is 2.76. The van der Waals surface area contributed by atoms with E-state index in [2.05, 4.69) is 15.3 Å². The first-order valence-electron chi connectivity index (χ1n) is 4.78. The second-order valence-corrected chi connectivity index (χ2v) is 3.72. The average molecular weight is 232 g/mol. The molecule has 0 amide bonds. The van der Waals surface area contributed by atoms with Gasteiger partial charge in [-0.25, -0.2) is 9.37 Å². The fourth-order valence-corrected chi connectivity index (χ4v) is 1.57. The highest BCUT2D eigenvalue weighted by atomic mass is 35.5. The summed E-state index contributed by atoms with van der Waals surface area (Å²) in [5, 5.41) is 2.94. The van der Waals surface area contributed by atoms with Crippen LogP contribution in [0.3, 0.4) is 0 Å². The van der Waals surface area contributed by atoms with E-state index in [1.54, 1.807) is 0 Å². The van der Waals surface area contributed by atoms with E-state index in [0.717, 1.165) is 32.3 Å². The molecule has 0 bridgehead atoms. The van der Waals surface area contributed by atoms with E-state index in [4.69, 9.17) is 16.3 Å². The number of hydrogen-bond acceptors (Lipinski definition) is 4. The summed E-state index contributed by atoms with van der Waals surface area (Å²) in [6.07, 6.45) is 2.87. The highest BCUT2D eigenvalue weighted by Crippen LogP contribution is 2.15. The third-order valence-corrected chi connectivity index (χ3v) is 2.52. The number of anilines is 1. The second kappa shape index (κ2) is 4.72. The summed E-state index contributed by atoms with van der Waals surface area (Å²) in [5.74, 6) is -0.234. The Morgan fingerprint density at radius 2 is 2.20 bits per heavy atom. The second-order valence-electron chi connectivity index (χ2n) is 3.36. The molecule has 0 aliphatic carbocycles. The molecule has 1 aromatic rings. The van der Waals surface area contributed by atoms with Gasteiger partial charge in [-0.2, -0.15) is 4.98 Å². The van der Waals surface area contributed by atoms with Crippen LogP contribution in [-0.2, 0) is 4.74 Å². The smallest absolute Gasteiger partial charge is 0.224 e. The van der Waals surface area contributed by atoms with E-state index >= 15 is 0 Å². The van der Waals surface area contributed by atoms with Crippen molar-refractivity contribution in [1.29, 1.82) is 0 Å². The molecule has 0 aromatic carbocycles. The maximum Gasteiger partial charge on any atom is 0.224 e. The monoisotopic (exact) mass is 231 g/mol. The van der Waals surface area contributed by atoms with Gasteiger partial charge in [0.25, 0.3) is 0 Å². The highest BCUT2D eigenvalue weighted by molar-refractivity contribution is 6.29. The van der Waals surface area contributed by atoms with Crippen LogP contribution in [0.15, 0.2) is 6.20 Å². The molecule has 0 saturated carbocycles. The zero-order valence-electron chi connectivity index (χ0n) is 8.04. The number of rotatable bonds is 2. The van der Waals surface area contributed by atoms with Crippen molar-refractivity contribution < 1.29 is 9.13 Å². The Labute approximate surface area is 91.8 Å². The molecule has 1 saturated heterocycles. The SMILES string of the molecule is Fc1cnc(NC2CCOCC2)nc1Cl. The number of ether oxygens (including phenoxy) is 1. The predicted octanol–water partition coefficient (Wildman–Crippen LogP) is 1.86. The van der Waals surface area contributed by atoms with Gasteiger partial charge < -0.3 is 10.1 Å². The predicted molar refractivity (Wildman–Crippen MR) is 54.5 cm³/mol. The molecule has 6 heteroatoms. The Morgan fingerprint density at radius 1 is 1.47 bits per heavy atom. The molecule has 1 aliphatic rings. The standard InChI is InChI=1S/C9H11ClFN3O/c10-8-7(11)5-12-9(14-8)13-6-1-3-15-4-2-6/h5-6H,1-4H2,(H,12,13,14). The van der Waals surface area contributed by atoms with E-state index in [9.17, 15) is 4.39 Å². The van der Waals surface area contributed by atoms with Crippen LogP contribution in [0.4, 0.5) is 10.3 Å². The number of aromatic nitrogens is 2. The molecule has 1 fully saturated rings. The lowest BCUT2D eigenvalue weighted by atomic mass is 10.1. The molecule has 2 heterocycles. The topological polar surface area (TPSA) is 47.0 Å². The lowest BCUT2D eigenvalue weighted by Crippen LogP contribution is -2.28. The molecule has 0 radical (unpaired) electrons. The van der Waals surface area contributed by atoms with Crippen molar-refractivity contribution in [1.82, 2.24) is 9.97 Å². The van der Waals surface area contributed by atoms with E-state index < -0.39 is 5.82 Å². The quantitative estimate of drug-likeness (QED) is 0.790. The van der Waals surface area contributed by atoms with Crippen LogP contribution in [-0.4, -0.2) is 29.2 Å². The Hall–Kier alpha value is -0.940. The minimum Gasteiger partial charge on any atom is -0.381 e. The van der Waals surface area contributed by atoms with Gasteiger partial charge >= 0.3 is 0 Å². The van der Waals surface area contributed by atoms with Crippen molar-refractivity contribution in [2.45, 2.75) is 18.9 Å². The minimum atomic E-state index is -0.603. The molecule has 0 spiro atoms. The highest BCUT2D eigenvalue weighted by Gasteiger charge is 2.15. The van der Waals surface area contributed by atoms with E-state index in [1.165, 1.54) is 0 Å². The number of hydrogen-bond donors (Lipinski definition) is 1. The molecule has 82 valence electrons. The first kappa shape index (κ1) is 10.6. The van der Waals surface area contributed by atoms with Crippen LogP contribution < -0.4 is 5.32 Å². The number of nitrogens with zero attached hydrogens (tertiary/aromatic N) is 2. The Bertz CT molecular complexity index is 344. The first-order chi connectivity index (χ1) is 7.25. The van der Waals surface area contributed by atoms with Gasteiger partial charge in [0.1, 0.15) is 0 Å². The molecule has 1 aromatic heterocycles. The Morgan fingerprint density at radius 3 is 2.87 bits per heavy atom. The Balaban J connectivity index is 2.00. The van der Waals surface area contributed by atoms with Gasteiger partial charge in [0.05, 0.1) is 6.20 Å². The van der Waals surface area contributed by atoms with Crippen LogP contribution in [0.5, 0.6) is 0 Å². The van der Waals surface area contributed by atoms with E-state index in [1.807, 2.05) is 0 Å². The largest absolute Gasteiger partial charge is 0.381 e. The van der Waals surface area contributed by atoms with Crippen molar-refractivity contribution in [3.05, 3.63) is 17.2 Å². The van der Waals surface area contributed by atoms with Crippen LogP contribution >= 0.6 is 11.6 Å². The van der Waals surface area contributed by atoms with Crippen molar-refractivity contribution in [3.8, 4) is 0 Å². The van der Waals surface area contributed by atoms with Gasteiger partial charge in [-0.3, -0.25) is 0 Å². The van der Waals surface area contributed by atoms with Crippen LogP contribution in [0.1, 0.15) is 12.8 Å². The normalized spacial score (nSPS) is 17.7. The summed E-state index contributed by atoms with van der Waals surface area (Å²) in [6, 6.07) is 0.278. The summed E-state index contributed by atoms with van der Waals surface area (Å²) < 4.78 is 18.0. The molecular weight excluding hydrogens is 221 g/mol. The van der Waals surface area contributed by atoms with Gasteiger partial charge in [0, 0.05) is 19.3 Å². The number of halogens is 2. The molecule has 2 rings (SSSR count). The summed E-state index contributed by atoms with van der Waals surface area (Å²) in [7, 11) is 0. The Kier molecular flexibility index (Phi) is 3.33. The van der Waals surface area contributed by atoms with Crippen molar-refractivity contribution in [2.75, 3.05) is 18.5 Å². The molecule has 15 heavy (non-hydrogen) atoms. The van der Waals surface area contributed by atoms with Gasteiger partial charge in [-0.05, 0) is 12.8 Å². The average Bonchev–Trinajstić information content (AvgIpc) is 2.25. The maximum atomic E-state index is 12.8. The number of nitrogens with one attached hydrogen (secondary N) is 1. The zero-order valence-corrected chi connectivity index (χ0v) is 8.80. The summed E-state index contributed by atoms with van der Waals surface area (Å²) in [6.45, 7) is 1.46. The summed E-state index contributed by atoms with van der Waals surface area (Å²) in [4.78, 5) is 7.60. The van der Waals surface area contributed by atoms with Crippen LogP contribution in [0.2, 0.25) is 5.15 Å². The van der Waals surface area contributed by atoms with E-state index in [0.29, 0.717) is 5.95 Å². The fourth-order valence-electron chi connectivity index (χ4n) is 1.44. The minimum absolute atomic E-state index is 0.153. The van der Waals surface area contributed by atoms with E-state index in [-0.39, 0.29) is 11.2 Å². The zero-order chi connectivity index (χ0) is 10.7. The first-order valence-corrected chi connectivity index (χ1v) is 5.16. The van der Waals surface area contributed by atoms with Crippen molar-refractivity contribution in [3.63, 3.8) is 0 Å². The molecule has 4 nitrogen and oxygen atoms in total. The fraction of sp³-hybridized carbons (Fsp3) is 0.556. The summed E-state index contributed by atoms with van der Waals surface area (Å²) in [5.41, 5.74) is 0. The van der Waals surface area contributed by atoms with Gasteiger partial charge in [-0.15, -0.1) is 0 Å². The molecule has 0 atom stereocenters. The van der Waals surface area contributed by atoms with Crippen LogP contribution in [0.25, 0.3) is 0 Å². The molecule has 1 N–H and O–H groups in total. The van der Waals surface area contributed by atoms with Crippen molar-refractivity contribution in [2.24, 2.45) is 0 Å². The third-order valence-electron chi connectivity index (χ3n) is 2.26. The maximum absolute atomic E-state index is 12.8. The van der Waals surface area contributed by atoms with Crippen molar-refractivity contribution >= 4 is 17.5 Å². The molecular formula is C9H11ClFN3O. The summed E-state index contributed by atoms with van der Waals surface area (Å²) >= 11 is 5.54. The van der Waals surface area contributed by atoms with Gasteiger partial charge in [0.2, 0.25) is 5.95 Å². The lowest BCUT2D eigenvalue weighted by Gasteiger charge is -2.22. The molecule has 0 unspecified atom stereocenters. The van der Waals surface area contributed by atoms with Gasteiger partial charge in [-0.1, -0.05) is 11.6 Å². The lowest BCUT2D eigenvalue weighted by molar-refractivity contribution is 0.0903. The molecule has 1 aliphatic heterocycles. The van der Waals surface area contributed by atoms with Gasteiger partial charge in [0.15, 0.2) is 11.0 Å².